The Labute approximate surface area is 115 Å². The lowest BCUT2D eigenvalue weighted by Gasteiger charge is -2.32. The SMILES string of the molecule is Cc1n[nH]c2c3c(c(C#N)c(=S)n12)CC(C)(C)OC3. The van der Waals surface area contributed by atoms with Gasteiger partial charge < -0.3 is 4.74 Å². The van der Waals surface area contributed by atoms with Crippen molar-refractivity contribution in [1.29, 1.82) is 5.26 Å². The lowest BCUT2D eigenvalue weighted by molar-refractivity contribution is -0.0397. The summed E-state index contributed by atoms with van der Waals surface area (Å²) >= 11 is 5.43. The zero-order chi connectivity index (χ0) is 13.8. The molecule has 0 radical (unpaired) electrons. The van der Waals surface area contributed by atoms with E-state index in [1.54, 1.807) is 0 Å². The lowest BCUT2D eigenvalue weighted by atomic mass is 9.90. The molecule has 0 saturated heterocycles. The van der Waals surface area contributed by atoms with E-state index in [1.807, 2.05) is 25.2 Å². The van der Waals surface area contributed by atoms with Crippen molar-refractivity contribution in [3.8, 4) is 6.07 Å². The molecule has 1 N–H and O–H groups in total. The third-order valence-corrected chi connectivity index (χ3v) is 3.95. The summed E-state index contributed by atoms with van der Waals surface area (Å²) in [5, 5.41) is 16.6. The molecule has 6 heteroatoms. The number of hydrogen-bond acceptors (Lipinski definition) is 4. The molecule has 3 heterocycles. The fourth-order valence-electron chi connectivity index (χ4n) is 2.59. The number of rotatable bonds is 0. The summed E-state index contributed by atoms with van der Waals surface area (Å²) in [6.45, 7) is 6.38. The van der Waals surface area contributed by atoms with Gasteiger partial charge >= 0.3 is 0 Å². The largest absolute Gasteiger partial charge is 0.370 e. The van der Waals surface area contributed by atoms with Crippen LogP contribution in [0.1, 0.15) is 36.4 Å². The van der Waals surface area contributed by atoms with Crippen molar-refractivity contribution in [3.63, 3.8) is 0 Å². The van der Waals surface area contributed by atoms with E-state index in [1.165, 1.54) is 0 Å². The number of nitrogens with zero attached hydrogens (tertiary/aromatic N) is 3. The first-order chi connectivity index (χ1) is 8.94. The van der Waals surface area contributed by atoms with Gasteiger partial charge in [0.2, 0.25) is 0 Å². The Morgan fingerprint density at radius 1 is 1.47 bits per heavy atom. The molecule has 98 valence electrons. The summed E-state index contributed by atoms with van der Waals surface area (Å²) in [5.41, 5.74) is 3.13. The summed E-state index contributed by atoms with van der Waals surface area (Å²) < 4.78 is 8.19. The molecule has 0 unspecified atom stereocenters. The van der Waals surface area contributed by atoms with Crippen molar-refractivity contribution in [2.75, 3.05) is 0 Å². The molecule has 1 aliphatic heterocycles. The predicted octanol–water partition coefficient (Wildman–Crippen LogP) is 2.42. The van der Waals surface area contributed by atoms with Crippen LogP contribution in [0, 0.1) is 22.9 Å². The molecule has 5 nitrogen and oxygen atoms in total. The molecule has 0 atom stereocenters. The van der Waals surface area contributed by atoms with Crippen molar-refractivity contribution in [2.24, 2.45) is 0 Å². The predicted molar refractivity (Wildman–Crippen MR) is 72.4 cm³/mol. The van der Waals surface area contributed by atoms with Gasteiger partial charge in [0, 0.05) is 12.0 Å². The zero-order valence-corrected chi connectivity index (χ0v) is 11.9. The van der Waals surface area contributed by atoms with Gasteiger partial charge in [-0.3, -0.25) is 9.50 Å². The van der Waals surface area contributed by atoms with E-state index in [0.717, 1.165) is 22.6 Å². The third kappa shape index (κ3) is 1.70. The topological polar surface area (TPSA) is 66.1 Å². The van der Waals surface area contributed by atoms with E-state index < -0.39 is 0 Å². The second-order valence-electron chi connectivity index (χ2n) is 5.43. The molecule has 0 aromatic carbocycles. The molecule has 0 aliphatic carbocycles. The van der Waals surface area contributed by atoms with Gasteiger partial charge in [0.05, 0.1) is 17.8 Å². The first-order valence-electron chi connectivity index (χ1n) is 6.10. The van der Waals surface area contributed by atoms with E-state index in [4.69, 9.17) is 17.0 Å². The van der Waals surface area contributed by atoms with Crippen LogP contribution >= 0.6 is 12.2 Å². The van der Waals surface area contributed by atoms with Crippen molar-refractivity contribution < 1.29 is 4.74 Å². The number of pyridine rings is 1. The monoisotopic (exact) mass is 274 g/mol. The van der Waals surface area contributed by atoms with Crippen LogP contribution in [0.4, 0.5) is 0 Å². The average molecular weight is 274 g/mol. The second kappa shape index (κ2) is 3.89. The van der Waals surface area contributed by atoms with E-state index in [0.29, 0.717) is 23.2 Å². The van der Waals surface area contributed by atoms with Gasteiger partial charge in [0.15, 0.2) is 0 Å². The first kappa shape index (κ1) is 12.3. The standard InChI is InChI=1S/C13H14N4OS/c1-7-15-16-11-10-6-18-13(2,3)4-8(10)9(5-14)12(19)17(7)11/h16H,4,6H2,1-3H3. The fourth-order valence-corrected chi connectivity index (χ4v) is 2.98. The summed E-state index contributed by atoms with van der Waals surface area (Å²) in [6.07, 6.45) is 0.684. The number of hydrogen-bond donors (Lipinski definition) is 1. The Hall–Kier alpha value is -1.71. The Morgan fingerprint density at radius 2 is 2.21 bits per heavy atom. The fraction of sp³-hybridized carbons (Fsp3) is 0.462. The van der Waals surface area contributed by atoms with Gasteiger partial charge in [-0.05, 0) is 26.3 Å². The number of nitrogens with one attached hydrogen (secondary N) is 1. The molecular formula is C13H14N4OS. The maximum atomic E-state index is 9.43. The quantitative estimate of drug-likeness (QED) is 0.749. The molecule has 1 aliphatic rings. The number of H-pyrrole nitrogens is 1. The minimum Gasteiger partial charge on any atom is -0.370 e. The number of nitriles is 1. The van der Waals surface area contributed by atoms with E-state index >= 15 is 0 Å². The molecule has 0 amide bonds. The lowest BCUT2D eigenvalue weighted by Crippen LogP contribution is -2.33. The summed E-state index contributed by atoms with van der Waals surface area (Å²) in [4.78, 5) is 0. The highest BCUT2D eigenvalue weighted by atomic mass is 32.1. The molecular weight excluding hydrogens is 260 g/mol. The van der Waals surface area contributed by atoms with E-state index in [-0.39, 0.29) is 5.60 Å². The highest BCUT2D eigenvalue weighted by Crippen LogP contribution is 2.32. The molecule has 2 aromatic rings. The summed E-state index contributed by atoms with van der Waals surface area (Å²) in [5.74, 6) is 0.754. The Bertz CT molecular complexity index is 779. The second-order valence-corrected chi connectivity index (χ2v) is 5.82. The van der Waals surface area contributed by atoms with E-state index in [9.17, 15) is 5.26 Å². The van der Waals surface area contributed by atoms with Crippen LogP contribution in [0.15, 0.2) is 0 Å². The average Bonchev–Trinajstić information content (AvgIpc) is 2.71. The Kier molecular flexibility index (Phi) is 2.52. The zero-order valence-electron chi connectivity index (χ0n) is 11.1. The van der Waals surface area contributed by atoms with Gasteiger partial charge in [0.1, 0.15) is 22.2 Å². The summed E-state index contributed by atoms with van der Waals surface area (Å²) in [6, 6.07) is 2.25. The molecule has 0 spiro atoms. The van der Waals surface area contributed by atoms with Crippen LogP contribution in [0.3, 0.4) is 0 Å². The maximum absolute atomic E-state index is 9.43. The Morgan fingerprint density at radius 3 is 2.89 bits per heavy atom. The van der Waals surface area contributed by atoms with Crippen LogP contribution in [0.2, 0.25) is 0 Å². The van der Waals surface area contributed by atoms with Crippen LogP contribution in [0.5, 0.6) is 0 Å². The van der Waals surface area contributed by atoms with Gasteiger partial charge in [0.25, 0.3) is 0 Å². The highest BCUT2D eigenvalue weighted by molar-refractivity contribution is 7.71. The van der Waals surface area contributed by atoms with Crippen molar-refractivity contribution in [2.45, 2.75) is 39.4 Å². The van der Waals surface area contributed by atoms with Crippen LogP contribution in [0.25, 0.3) is 5.65 Å². The van der Waals surface area contributed by atoms with Gasteiger partial charge in [-0.1, -0.05) is 12.2 Å². The molecule has 2 aromatic heterocycles. The minimum atomic E-state index is -0.270. The summed E-state index contributed by atoms with van der Waals surface area (Å²) in [7, 11) is 0. The van der Waals surface area contributed by atoms with Gasteiger partial charge in [-0.15, -0.1) is 0 Å². The molecule has 19 heavy (non-hydrogen) atoms. The van der Waals surface area contributed by atoms with Crippen molar-refractivity contribution in [3.05, 3.63) is 27.2 Å². The highest BCUT2D eigenvalue weighted by Gasteiger charge is 2.31. The first-order valence-corrected chi connectivity index (χ1v) is 6.51. The minimum absolute atomic E-state index is 0.270. The third-order valence-electron chi connectivity index (χ3n) is 3.56. The van der Waals surface area contributed by atoms with Crippen molar-refractivity contribution >= 4 is 17.9 Å². The number of ether oxygens (including phenoxy) is 1. The molecule has 3 rings (SSSR count). The van der Waals surface area contributed by atoms with E-state index in [2.05, 4.69) is 16.3 Å². The number of aromatic amines is 1. The van der Waals surface area contributed by atoms with Crippen LogP contribution in [-0.2, 0) is 17.8 Å². The number of aromatic nitrogens is 3. The van der Waals surface area contributed by atoms with Crippen molar-refractivity contribution in [1.82, 2.24) is 14.6 Å². The molecule has 0 saturated carbocycles. The smallest absolute Gasteiger partial charge is 0.139 e. The molecule has 0 fully saturated rings. The maximum Gasteiger partial charge on any atom is 0.139 e. The Balaban J connectivity index is 2.45. The molecule has 0 bridgehead atoms. The number of aryl methyl sites for hydroxylation is 1. The van der Waals surface area contributed by atoms with Gasteiger partial charge in [-0.2, -0.15) is 10.4 Å². The van der Waals surface area contributed by atoms with Crippen LogP contribution in [-0.4, -0.2) is 20.2 Å². The normalized spacial score (nSPS) is 17.2. The van der Waals surface area contributed by atoms with Gasteiger partial charge in [-0.25, -0.2) is 0 Å². The number of fused-ring (bicyclic) bond motifs is 3. The van der Waals surface area contributed by atoms with Crippen LogP contribution < -0.4 is 0 Å².